The van der Waals surface area contributed by atoms with Crippen LogP contribution < -0.4 is 10.1 Å². The Morgan fingerprint density at radius 2 is 1.83 bits per heavy atom. The Labute approximate surface area is 213 Å². The van der Waals surface area contributed by atoms with Gasteiger partial charge in [-0.1, -0.05) is 43.3 Å². The van der Waals surface area contributed by atoms with Crippen LogP contribution in [-0.2, 0) is 6.54 Å². The Kier molecular flexibility index (Phi) is 8.00. The molecule has 0 saturated carbocycles. The van der Waals surface area contributed by atoms with E-state index in [-0.39, 0.29) is 29.9 Å². The van der Waals surface area contributed by atoms with E-state index >= 15 is 0 Å². The monoisotopic (exact) mass is 486 g/mol. The van der Waals surface area contributed by atoms with Gasteiger partial charge in [0, 0.05) is 49.6 Å². The molecular formula is C29H34N4O3. The van der Waals surface area contributed by atoms with Gasteiger partial charge in [0.1, 0.15) is 6.10 Å². The van der Waals surface area contributed by atoms with Crippen molar-refractivity contribution in [2.24, 2.45) is 5.92 Å². The highest BCUT2D eigenvalue weighted by atomic mass is 16.5. The molecule has 0 spiro atoms. The molecule has 4 rings (SSSR count). The predicted octanol–water partition coefficient (Wildman–Crippen LogP) is 4.71. The number of carbonyl (C=O) groups is 2. The second-order valence-electron chi connectivity index (χ2n) is 9.74. The van der Waals surface area contributed by atoms with E-state index in [0.717, 1.165) is 6.54 Å². The number of para-hydroxylation sites is 1. The van der Waals surface area contributed by atoms with E-state index in [1.54, 1.807) is 42.7 Å². The first-order valence-corrected chi connectivity index (χ1v) is 12.4. The number of anilines is 1. The van der Waals surface area contributed by atoms with Gasteiger partial charge in [0.05, 0.1) is 11.3 Å². The number of likely N-dealkylation sites (N-methyl/N-ethyl adjacent to an activating group) is 1. The number of hydrogen-bond acceptors (Lipinski definition) is 5. The molecule has 1 aliphatic rings. The van der Waals surface area contributed by atoms with E-state index in [1.807, 2.05) is 36.9 Å². The molecule has 0 fully saturated rings. The van der Waals surface area contributed by atoms with Crippen molar-refractivity contribution >= 4 is 17.5 Å². The van der Waals surface area contributed by atoms with Crippen molar-refractivity contribution < 1.29 is 14.3 Å². The van der Waals surface area contributed by atoms with E-state index in [2.05, 4.69) is 41.3 Å². The zero-order valence-electron chi connectivity index (χ0n) is 21.3. The van der Waals surface area contributed by atoms with Crippen LogP contribution in [0.3, 0.4) is 0 Å². The van der Waals surface area contributed by atoms with Gasteiger partial charge in [-0.05, 0) is 50.7 Å². The fraction of sp³-hybridized carbons (Fsp3) is 0.345. The molecule has 2 amide bonds. The summed E-state index contributed by atoms with van der Waals surface area (Å²) in [6.45, 7) is 8.22. The first-order chi connectivity index (χ1) is 17.3. The number of amides is 2. The second kappa shape index (κ2) is 11.4. The molecule has 7 nitrogen and oxygen atoms in total. The average molecular weight is 487 g/mol. The maximum Gasteiger partial charge on any atom is 0.257 e. The zero-order chi connectivity index (χ0) is 25.7. The number of hydrogen-bond donors (Lipinski definition) is 1. The van der Waals surface area contributed by atoms with Crippen molar-refractivity contribution in [3.8, 4) is 5.75 Å². The third-order valence-corrected chi connectivity index (χ3v) is 6.50. The molecule has 0 saturated heterocycles. The quantitative estimate of drug-likeness (QED) is 0.523. The van der Waals surface area contributed by atoms with Crippen molar-refractivity contribution in [1.82, 2.24) is 14.8 Å². The second-order valence-corrected chi connectivity index (χ2v) is 9.74. The van der Waals surface area contributed by atoms with Crippen molar-refractivity contribution in [3.63, 3.8) is 0 Å². The summed E-state index contributed by atoms with van der Waals surface area (Å²) in [5.74, 6) is 0.116. The van der Waals surface area contributed by atoms with Crippen molar-refractivity contribution in [2.75, 3.05) is 25.5 Å². The summed E-state index contributed by atoms with van der Waals surface area (Å²) in [6, 6.07) is 19.0. The molecule has 0 bridgehead atoms. The Bertz CT molecular complexity index is 1180. The van der Waals surface area contributed by atoms with E-state index in [1.165, 1.54) is 5.56 Å². The number of nitrogens with one attached hydrogen (secondary N) is 1. The maximum absolute atomic E-state index is 13.6. The van der Waals surface area contributed by atoms with Crippen LogP contribution in [0, 0.1) is 5.92 Å². The fourth-order valence-electron chi connectivity index (χ4n) is 4.49. The molecule has 188 valence electrons. The lowest BCUT2D eigenvalue weighted by Gasteiger charge is -2.38. The number of aromatic nitrogens is 1. The molecule has 0 radical (unpaired) electrons. The largest absolute Gasteiger partial charge is 0.486 e. The van der Waals surface area contributed by atoms with Crippen LogP contribution in [0.2, 0.25) is 0 Å². The van der Waals surface area contributed by atoms with E-state index in [9.17, 15) is 9.59 Å². The van der Waals surface area contributed by atoms with Crippen LogP contribution in [0.15, 0.2) is 73.1 Å². The number of rotatable bonds is 7. The molecule has 2 heterocycles. The molecule has 1 N–H and O–H groups in total. The van der Waals surface area contributed by atoms with Gasteiger partial charge in [0.2, 0.25) is 0 Å². The van der Waals surface area contributed by atoms with Crippen LogP contribution in [0.4, 0.5) is 5.69 Å². The fourth-order valence-corrected chi connectivity index (χ4v) is 4.49. The molecule has 2 aromatic carbocycles. The minimum absolute atomic E-state index is 0.0312. The van der Waals surface area contributed by atoms with Gasteiger partial charge in [0.25, 0.3) is 11.8 Å². The van der Waals surface area contributed by atoms with Crippen LogP contribution in [0.1, 0.15) is 47.1 Å². The van der Waals surface area contributed by atoms with Gasteiger partial charge < -0.3 is 15.0 Å². The van der Waals surface area contributed by atoms with Crippen LogP contribution >= 0.6 is 0 Å². The number of fused-ring (bicyclic) bond motifs is 1. The Morgan fingerprint density at radius 3 is 2.53 bits per heavy atom. The lowest BCUT2D eigenvalue weighted by molar-refractivity contribution is 0.0433. The maximum atomic E-state index is 13.6. The van der Waals surface area contributed by atoms with E-state index in [0.29, 0.717) is 35.7 Å². The minimum atomic E-state index is -0.282. The van der Waals surface area contributed by atoms with Gasteiger partial charge >= 0.3 is 0 Å². The molecular weight excluding hydrogens is 452 g/mol. The lowest BCUT2D eigenvalue weighted by Crippen LogP contribution is -2.48. The van der Waals surface area contributed by atoms with Gasteiger partial charge in [0.15, 0.2) is 5.75 Å². The number of pyridine rings is 1. The van der Waals surface area contributed by atoms with Crippen LogP contribution in [-0.4, -0.2) is 58.9 Å². The van der Waals surface area contributed by atoms with Crippen LogP contribution in [0.25, 0.3) is 0 Å². The van der Waals surface area contributed by atoms with Gasteiger partial charge in [-0.15, -0.1) is 0 Å². The van der Waals surface area contributed by atoms with Crippen molar-refractivity contribution in [1.29, 1.82) is 0 Å². The minimum Gasteiger partial charge on any atom is -0.486 e. The lowest BCUT2D eigenvalue weighted by atomic mass is 9.99. The normalized spacial score (nSPS) is 17.8. The summed E-state index contributed by atoms with van der Waals surface area (Å²) in [6.07, 6.45) is 2.96. The summed E-state index contributed by atoms with van der Waals surface area (Å²) < 4.78 is 6.61. The number of carbonyl (C=O) groups excluding carboxylic acids is 2. The summed E-state index contributed by atoms with van der Waals surface area (Å²) >= 11 is 0. The molecule has 3 aromatic rings. The Hall–Kier alpha value is -3.71. The standard InChI is InChI=1S/C29H34N4O3/c1-20(2)33-17-21(3)26(19-32(4)18-22-9-6-5-7-10-22)36-27-24(29(33)35)11-8-12-25(27)31-28(34)23-13-15-30-16-14-23/h5-16,20-21,26H,17-19H2,1-4H3,(H,31,34)/t21-,26?/m0/s1. The average Bonchev–Trinajstić information content (AvgIpc) is 2.87. The highest BCUT2D eigenvalue weighted by molar-refractivity contribution is 6.07. The van der Waals surface area contributed by atoms with E-state index < -0.39 is 0 Å². The van der Waals surface area contributed by atoms with Crippen molar-refractivity contribution in [3.05, 3.63) is 89.7 Å². The van der Waals surface area contributed by atoms with Gasteiger partial charge in [-0.2, -0.15) is 0 Å². The third-order valence-electron chi connectivity index (χ3n) is 6.50. The Balaban J connectivity index is 1.66. The third kappa shape index (κ3) is 5.91. The molecule has 1 aromatic heterocycles. The molecule has 36 heavy (non-hydrogen) atoms. The van der Waals surface area contributed by atoms with Gasteiger partial charge in [-0.3, -0.25) is 19.5 Å². The first kappa shape index (κ1) is 25.4. The molecule has 1 unspecified atom stereocenters. The molecule has 1 aliphatic heterocycles. The predicted molar refractivity (Wildman–Crippen MR) is 141 cm³/mol. The molecule has 7 heteroatoms. The summed E-state index contributed by atoms with van der Waals surface area (Å²) in [4.78, 5) is 34.6. The number of ether oxygens (including phenoxy) is 1. The van der Waals surface area contributed by atoms with Crippen LogP contribution in [0.5, 0.6) is 5.75 Å². The number of nitrogens with zero attached hydrogens (tertiary/aromatic N) is 3. The summed E-state index contributed by atoms with van der Waals surface area (Å²) in [5, 5.41) is 2.95. The van der Waals surface area contributed by atoms with Gasteiger partial charge in [-0.25, -0.2) is 0 Å². The molecule has 2 atom stereocenters. The highest BCUT2D eigenvalue weighted by Gasteiger charge is 2.33. The highest BCUT2D eigenvalue weighted by Crippen LogP contribution is 2.35. The van der Waals surface area contributed by atoms with Crippen molar-refractivity contribution in [2.45, 2.75) is 39.5 Å². The number of benzene rings is 2. The smallest absolute Gasteiger partial charge is 0.257 e. The Morgan fingerprint density at radius 1 is 1.11 bits per heavy atom. The summed E-state index contributed by atoms with van der Waals surface area (Å²) in [7, 11) is 2.07. The molecule has 0 aliphatic carbocycles. The SMILES string of the molecule is CC(C)N1C[C@H](C)C(CN(C)Cc2ccccc2)Oc2c(NC(=O)c3ccncc3)cccc2C1=O. The van der Waals surface area contributed by atoms with E-state index in [4.69, 9.17) is 4.74 Å². The first-order valence-electron chi connectivity index (χ1n) is 12.4. The summed E-state index contributed by atoms with van der Waals surface area (Å²) in [5.41, 5.74) is 2.65. The topological polar surface area (TPSA) is 74.8 Å². The zero-order valence-corrected chi connectivity index (χ0v) is 21.3.